The van der Waals surface area contributed by atoms with E-state index in [0.717, 1.165) is 21.8 Å². The Hall–Kier alpha value is -2.82. The van der Waals surface area contributed by atoms with Gasteiger partial charge in [0.15, 0.2) is 0 Å². The Labute approximate surface area is 127 Å². The second-order valence-corrected chi connectivity index (χ2v) is 4.98. The number of nitrogens with zero attached hydrogens (tertiary/aromatic N) is 1. The molecule has 0 saturated heterocycles. The Balaban J connectivity index is 2.49. The van der Waals surface area contributed by atoms with Crippen LogP contribution in [0.1, 0.15) is 20.7 Å². The summed E-state index contributed by atoms with van der Waals surface area (Å²) in [7, 11) is 4.52. The molecule has 5 heteroatoms. The summed E-state index contributed by atoms with van der Waals surface area (Å²) in [6.45, 7) is 0. The number of para-hydroxylation sites is 1. The molecule has 1 aromatic heterocycles. The lowest BCUT2D eigenvalue weighted by molar-refractivity contribution is 0.0600. The Kier molecular flexibility index (Phi) is 3.33. The van der Waals surface area contributed by atoms with Gasteiger partial charge in [-0.05, 0) is 18.2 Å². The van der Waals surface area contributed by atoms with Gasteiger partial charge in [-0.15, -0.1) is 0 Å². The van der Waals surface area contributed by atoms with Gasteiger partial charge in [0.1, 0.15) is 0 Å². The van der Waals surface area contributed by atoms with Crippen LogP contribution in [-0.4, -0.2) is 30.7 Å². The van der Waals surface area contributed by atoms with E-state index >= 15 is 0 Å². The molecule has 0 fully saturated rings. The van der Waals surface area contributed by atoms with Crippen molar-refractivity contribution in [1.29, 1.82) is 0 Å². The summed E-state index contributed by atoms with van der Waals surface area (Å²) in [5.74, 6) is -0.971. The monoisotopic (exact) mass is 297 g/mol. The number of aromatic nitrogens is 1. The number of aryl methyl sites for hydroxylation is 1. The second-order valence-electron chi connectivity index (χ2n) is 4.98. The average molecular weight is 297 g/mol. The molecule has 0 spiro atoms. The van der Waals surface area contributed by atoms with Crippen molar-refractivity contribution in [3.05, 3.63) is 47.5 Å². The van der Waals surface area contributed by atoms with Crippen LogP contribution in [-0.2, 0) is 16.5 Å². The van der Waals surface area contributed by atoms with Crippen molar-refractivity contribution < 1.29 is 19.1 Å². The minimum absolute atomic E-state index is 0.326. The summed E-state index contributed by atoms with van der Waals surface area (Å²) >= 11 is 0. The first kappa shape index (κ1) is 14.1. The van der Waals surface area contributed by atoms with E-state index in [-0.39, 0.29) is 0 Å². The van der Waals surface area contributed by atoms with Gasteiger partial charge in [0.2, 0.25) is 0 Å². The molecule has 0 aliphatic heterocycles. The molecule has 0 aliphatic carbocycles. The maximum absolute atomic E-state index is 12.1. The van der Waals surface area contributed by atoms with Crippen molar-refractivity contribution in [3.8, 4) is 0 Å². The lowest BCUT2D eigenvalue weighted by atomic mass is 10.0. The quantitative estimate of drug-likeness (QED) is 0.682. The van der Waals surface area contributed by atoms with Crippen LogP contribution in [0.5, 0.6) is 0 Å². The van der Waals surface area contributed by atoms with E-state index in [1.165, 1.54) is 20.3 Å². The summed E-state index contributed by atoms with van der Waals surface area (Å²) in [6, 6.07) is 11.0. The van der Waals surface area contributed by atoms with Crippen molar-refractivity contribution in [3.63, 3.8) is 0 Å². The maximum Gasteiger partial charge on any atom is 0.340 e. The third-order valence-corrected chi connectivity index (χ3v) is 3.83. The fourth-order valence-corrected chi connectivity index (χ4v) is 2.82. The molecule has 2 aromatic carbocycles. The Morgan fingerprint density at radius 3 is 2.32 bits per heavy atom. The second kappa shape index (κ2) is 5.18. The summed E-state index contributed by atoms with van der Waals surface area (Å²) in [4.78, 5) is 24.0. The van der Waals surface area contributed by atoms with Gasteiger partial charge >= 0.3 is 11.9 Å². The molecule has 0 unspecified atom stereocenters. The fourth-order valence-electron chi connectivity index (χ4n) is 2.82. The number of esters is 2. The minimum Gasteiger partial charge on any atom is -0.465 e. The normalized spacial score (nSPS) is 10.9. The van der Waals surface area contributed by atoms with E-state index in [1.807, 2.05) is 35.9 Å². The fraction of sp³-hybridized carbons (Fsp3) is 0.176. The maximum atomic E-state index is 12.1. The van der Waals surface area contributed by atoms with Gasteiger partial charge in [-0.1, -0.05) is 18.2 Å². The molecule has 0 atom stereocenters. The highest BCUT2D eigenvalue weighted by Crippen LogP contribution is 2.32. The summed E-state index contributed by atoms with van der Waals surface area (Å²) in [5.41, 5.74) is 2.39. The van der Waals surface area contributed by atoms with Crippen molar-refractivity contribution >= 4 is 33.7 Å². The topological polar surface area (TPSA) is 57.5 Å². The zero-order chi connectivity index (χ0) is 15.9. The van der Waals surface area contributed by atoms with Crippen LogP contribution in [0.3, 0.4) is 0 Å². The minimum atomic E-state index is -0.486. The number of rotatable bonds is 2. The lowest BCUT2D eigenvalue weighted by Gasteiger charge is -2.07. The van der Waals surface area contributed by atoms with E-state index in [1.54, 1.807) is 6.07 Å². The number of hydrogen-bond donors (Lipinski definition) is 0. The van der Waals surface area contributed by atoms with E-state index in [9.17, 15) is 9.59 Å². The summed E-state index contributed by atoms with van der Waals surface area (Å²) in [5, 5.41) is 1.79. The van der Waals surface area contributed by atoms with E-state index in [2.05, 4.69) is 0 Å². The number of fused-ring (bicyclic) bond motifs is 3. The zero-order valence-electron chi connectivity index (χ0n) is 12.5. The SMILES string of the molecule is COC(=O)c1cc(C(=O)OC)c2c(c1)c1ccccc1n2C. The molecule has 0 amide bonds. The van der Waals surface area contributed by atoms with Crippen LogP contribution in [0.15, 0.2) is 36.4 Å². The van der Waals surface area contributed by atoms with Crippen LogP contribution >= 0.6 is 0 Å². The number of carbonyl (C=O) groups excluding carboxylic acids is 2. The Morgan fingerprint density at radius 1 is 0.955 bits per heavy atom. The predicted octanol–water partition coefficient (Wildman–Crippen LogP) is 2.90. The molecule has 0 saturated carbocycles. The number of benzene rings is 2. The molecular formula is C17H15NO4. The molecular weight excluding hydrogens is 282 g/mol. The van der Waals surface area contributed by atoms with Crippen LogP contribution in [0.4, 0.5) is 0 Å². The van der Waals surface area contributed by atoms with Crippen molar-refractivity contribution in [2.24, 2.45) is 7.05 Å². The molecule has 22 heavy (non-hydrogen) atoms. The predicted molar refractivity (Wildman–Crippen MR) is 83.1 cm³/mol. The molecule has 0 aliphatic rings. The number of methoxy groups -OCH3 is 2. The molecule has 5 nitrogen and oxygen atoms in total. The summed E-state index contributed by atoms with van der Waals surface area (Å²) < 4.78 is 11.6. The highest BCUT2D eigenvalue weighted by molar-refractivity contribution is 6.16. The average Bonchev–Trinajstić information content (AvgIpc) is 2.86. The van der Waals surface area contributed by atoms with Gasteiger partial charge in [0, 0.05) is 23.3 Å². The van der Waals surface area contributed by atoms with E-state index < -0.39 is 11.9 Å². The van der Waals surface area contributed by atoms with Crippen molar-refractivity contribution in [2.75, 3.05) is 14.2 Å². The molecule has 0 N–H and O–H groups in total. The Morgan fingerprint density at radius 2 is 1.64 bits per heavy atom. The first-order valence-corrected chi connectivity index (χ1v) is 6.76. The van der Waals surface area contributed by atoms with E-state index in [0.29, 0.717) is 11.1 Å². The van der Waals surface area contributed by atoms with Crippen LogP contribution < -0.4 is 0 Å². The van der Waals surface area contributed by atoms with Crippen LogP contribution in [0.2, 0.25) is 0 Å². The smallest absolute Gasteiger partial charge is 0.340 e. The molecule has 3 rings (SSSR count). The Bertz CT molecular complexity index is 908. The van der Waals surface area contributed by atoms with Crippen LogP contribution in [0.25, 0.3) is 21.8 Å². The van der Waals surface area contributed by atoms with E-state index in [4.69, 9.17) is 9.47 Å². The molecule has 112 valence electrons. The van der Waals surface area contributed by atoms with Gasteiger partial charge in [-0.2, -0.15) is 0 Å². The number of ether oxygens (including phenoxy) is 2. The standard InChI is InChI=1S/C17H15NO4/c1-18-14-7-5-4-6-11(14)12-8-10(16(19)21-2)9-13(15(12)18)17(20)22-3/h4-9H,1-3H3. The molecule has 0 radical (unpaired) electrons. The van der Waals surface area contributed by atoms with Gasteiger partial charge in [0.05, 0.1) is 30.9 Å². The van der Waals surface area contributed by atoms with Gasteiger partial charge in [-0.25, -0.2) is 9.59 Å². The first-order chi connectivity index (χ1) is 10.6. The number of carbonyl (C=O) groups is 2. The largest absolute Gasteiger partial charge is 0.465 e. The van der Waals surface area contributed by atoms with Crippen LogP contribution in [0, 0.1) is 0 Å². The molecule has 3 aromatic rings. The number of hydrogen-bond acceptors (Lipinski definition) is 4. The van der Waals surface area contributed by atoms with Gasteiger partial charge in [-0.3, -0.25) is 0 Å². The third kappa shape index (κ3) is 1.94. The lowest BCUT2D eigenvalue weighted by Crippen LogP contribution is -2.08. The molecule has 0 bridgehead atoms. The highest BCUT2D eigenvalue weighted by atomic mass is 16.5. The van der Waals surface area contributed by atoms with Crippen molar-refractivity contribution in [1.82, 2.24) is 4.57 Å². The van der Waals surface area contributed by atoms with Gasteiger partial charge in [0.25, 0.3) is 0 Å². The third-order valence-electron chi connectivity index (χ3n) is 3.83. The zero-order valence-corrected chi connectivity index (χ0v) is 12.5. The summed E-state index contributed by atoms with van der Waals surface area (Å²) in [6.07, 6.45) is 0. The van der Waals surface area contributed by atoms with Gasteiger partial charge < -0.3 is 14.0 Å². The highest BCUT2D eigenvalue weighted by Gasteiger charge is 2.20. The first-order valence-electron chi connectivity index (χ1n) is 6.76. The molecule has 1 heterocycles. The van der Waals surface area contributed by atoms with Crippen molar-refractivity contribution in [2.45, 2.75) is 0 Å².